The summed E-state index contributed by atoms with van der Waals surface area (Å²) in [5, 5.41) is 6.56. The molecule has 0 spiro atoms. The lowest BCUT2D eigenvalue weighted by Crippen LogP contribution is -2.36. The minimum atomic E-state index is -0.129. The predicted octanol–water partition coefficient (Wildman–Crippen LogP) is 3.57. The van der Waals surface area contributed by atoms with Crippen molar-refractivity contribution in [2.75, 3.05) is 24.2 Å². The lowest BCUT2D eigenvalue weighted by Gasteiger charge is -2.23. The minimum absolute atomic E-state index is 0.129. The monoisotopic (exact) mass is 327 g/mol. The van der Waals surface area contributed by atoms with Gasteiger partial charge >= 0.3 is 0 Å². The molecule has 0 aromatic carbocycles. The van der Waals surface area contributed by atoms with Crippen LogP contribution in [0, 0.1) is 0 Å². The smallest absolute Gasteiger partial charge is 0.253 e. The number of anilines is 1. The highest BCUT2D eigenvalue weighted by Gasteiger charge is 2.30. The first-order valence-electron chi connectivity index (χ1n) is 7.36. The van der Waals surface area contributed by atoms with Crippen LogP contribution in [0.4, 0.5) is 5.82 Å². The van der Waals surface area contributed by atoms with Gasteiger partial charge in [-0.3, -0.25) is 4.79 Å². The van der Waals surface area contributed by atoms with Gasteiger partial charge in [-0.15, -0.1) is 0 Å². The Bertz CT molecular complexity index is 504. The van der Waals surface area contributed by atoms with Crippen molar-refractivity contribution in [1.82, 2.24) is 10.3 Å². The van der Waals surface area contributed by atoms with E-state index in [0.29, 0.717) is 22.9 Å². The van der Waals surface area contributed by atoms with Gasteiger partial charge in [0.05, 0.1) is 10.6 Å². The van der Waals surface area contributed by atoms with E-state index in [9.17, 15) is 4.79 Å². The number of hydrogen-bond acceptors (Lipinski definition) is 4. The molecule has 0 bridgehead atoms. The van der Waals surface area contributed by atoms with Crippen LogP contribution in [0.2, 0.25) is 5.02 Å². The summed E-state index contributed by atoms with van der Waals surface area (Å²) in [5.74, 6) is 1.73. The standard InChI is InChI=1S/C15H22ClN3OS/c1-3-6-17-13-8-11(12(16)9-18-13)14(20)19-10-15(2)5-4-7-21-15/h8-9H,3-7,10H2,1-2H3,(H,17,18)(H,19,20). The average Bonchev–Trinajstić information content (AvgIpc) is 2.91. The first-order valence-corrected chi connectivity index (χ1v) is 8.72. The van der Waals surface area contributed by atoms with E-state index in [1.165, 1.54) is 18.4 Å². The van der Waals surface area contributed by atoms with Gasteiger partial charge in [-0.05, 0) is 38.0 Å². The van der Waals surface area contributed by atoms with Crippen LogP contribution >= 0.6 is 23.4 Å². The molecule has 4 nitrogen and oxygen atoms in total. The number of hydrogen-bond donors (Lipinski definition) is 2. The Morgan fingerprint density at radius 3 is 3.05 bits per heavy atom. The van der Waals surface area contributed by atoms with Crippen LogP contribution in [-0.4, -0.2) is 34.5 Å². The molecule has 1 atom stereocenters. The summed E-state index contributed by atoms with van der Waals surface area (Å²) < 4.78 is 0.151. The van der Waals surface area contributed by atoms with Gasteiger partial charge in [-0.25, -0.2) is 4.98 Å². The van der Waals surface area contributed by atoms with Crippen LogP contribution in [0.1, 0.15) is 43.5 Å². The molecule has 1 amide bonds. The van der Waals surface area contributed by atoms with E-state index in [2.05, 4.69) is 29.5 Å². The number of nitrogens with one attached hydrogen (secondary N) is 2. The Balaban J connectivity index is 2.00. The summed E-state index contributed by atoms with van der Waals surface area (Å²) in [7, 11) is 0. The second-order valence-electron chi connectivity index (χ2n) is 5.56. The van der Waals surface area contributed by atoms with Crippen molar-refractivity contribution in [3.05, 3.63) is 22.8 Å². The third kappa shape index (κ3) is 4.51. The highest BCUT2D eigenvalue weighted by atomic mass is 35.5. The fourth-order valence-corrected chi connectivity index (χ4v) is 3.73. The van der Waals surface area contributed by atoms with Crippen LogP contribution in [0.3, 0.4) is 0 Å². The Kier molecular flexibility index (Phi) is 5.76. The summed E-state index contributed by atoms with van der Waals surface area (Å²) >= 11 is 8.03. The van der Waals surface area contributed by atoms with Gasteiger partial charge in [0, 0.05) is 24.0 Å². The molecular weight excluding hydrogens is 306 g/mol. The molecule has 21 heavy (non-hydrogen) atoms. The number of carbonyl (C=O) groups excluding carboxylic acids is 1. The molecule has 6 heteroatoms. The van der Waals surface area contributed by atoms with E-state index in [-0.39, 0.29) is 10.7 Å². The second kappa shape index (κ2) is 7.36. The first-order chi connectivity index (χ1) is 10.0. The molecule has 1 aromatic heterocycles. The Labute approximate surface area is 135 Å². The van der Waals surface area contributed by atoms with Gasteiger partial charge in [0.1, 0.15) is 5.82 Å². The number of amides is 1. The Morgan fingerprint density at radius 2 is 2.38 bits per heavy atom. The number of aromatic nitrogens is 1. The summed E-state index contributed by atoms with van der Waals surface area (Å²) in [4.78, 5) is 16.5. The van der Waals surface area contributed by atoms with Gasteiger partial charge in [-0.2, -0.15) is 11.8 Å². The minimum Gasteiger partial charge on any atom is -0.370 e. The highest BCUT2D eigenvalue weighted by molar-refractivity contribution is 8.00. The van der Waals surface area contributed by atoms with Crippen LogP contribution in [-0.2, 0) is 0 Å². The van der Waals surface area contributed by atoms with E-state index in [1.807, 2.05) is 11.8 Å². The molecular formula is C15H22ClN3OS. The van der Waals surface area contributed by atoms with E-state index in [0.717, 1.165) is 19.4 Å². The van der Waals surface area contributed by atoms with Gasteiger partial charge < -0.3 is 10.6 Å². The molecule has 1 fully saturated rings. The summed E-state index contributed by atoms with van der Waals surface area (Å²) in [6.45, 7) is 5.78. The van der Waals surface area contributed by atoms with Crippen LogP contribution in [0.15, 0.2) is 12.3 Å². The molecule has 0 radical (unpaired) electrons. The van der Waals surface area contributed by atoms with Crippen molar-refractivity contribution in [1.29, 1.82) is 0 Å². The van der Waals surface area contributed by atoms with Crippen LogP contribution in [0.25, 0.3) is 0 Å². The number of pyridine rings is 1. The second-order valence-corrected chi connectivity index (χ2v) is 7.65. The predicted molar refractivity (Wildman–Crippen MR) is 90.5 cm³/mol. The van der Waals surface area contributed by atoms with Crippen molar-refractivity contribution >= 4 is 35.1 Å². The lowest BCUT2D eigenvalue weighted by molar-refractivity contribution is 0.0950. The fourth-order valence-electron chi connectivity index (χ4n) is 2.30. The van der Waals surface area contributed by atoms with Crippen molar-refractivity contribution in [3.63, 3.8) is 0 Å². The number of halogens is 1. The highest BCUT2D eigenvalue weighted by Crippen LogP contribution is 2.37. The molecule has 116 valence electrons. The molecule has 2 heterocycles. The third-order valence-electron chi connectivity index (χ3n) is 3.58. The average molecular weight is 328 g/mol. The number of rotatable bonds is 6. The molecule has 1 aliphatic heterocycles. The number of nitrogens with zero attached hydrogens (tertiary/aromatic N) is 1. The molecule has 1 saturated heterocycles. The number of carbonyl (C=O) groups is 1. The summed E-state index contributed by atoms with van der Waals surface area (Å²) in [5.41, 5.74) is 0.483. The number of thioether (sulfide) groups is 1. The molecule has 2 N–H and O–H groups in total. The first kappa shape index (κ1) is 16.4. The van der Waals surface area contributed by atoms with Crippen LogP contribution in [0.5, 0.6) is 0 Å². The maximum absolute atomic E-state index is 12.3. The summed E-state index contributed by atoms with van der Waals surface area (Å²) in [6.07, 6.45) is 4.89. The lowest BCUT2D eigenvalue weighted by atomic mass is 10.1. The topological polar surface area (TPSA) is 54.0 Å². The maximum atomic E-state index is 12.3. The van der Waals surface area contributed by atoms with Gasteiger partial charge in [-0.1, -0.05) is 18.5 Å². The van der Waals surface area contributed by atoms with Crippen LogP contribution < -0.4 is 10.6 Å². The van der Waals surface area contributed by atoms with E-state index in [1.54, 1.807) is 6.07 Å². The van der Waals surface area contributed by atoms with E-state index in [4.69, 9.17) is 11.6 Å². The zero-order valence-corrected chi connectivity index (χ0v) is 14.1. The Morgan fingerprint density at radius 1 is 1.57 bits per heavy atom. The molecule has 0 saturated carbocycles. The van der Waals surface area contributed by atoms with Gasteiger partial charge in [0.15, 0.2) is 0 Å². The van der Waals surface area contributed by atoms with Crippen molar-refractivity contribution < 1.29 is 4.79 Å². The fraction of sp³-hybridized carbons (Fsp3) is 0.600. The largest absolute Gasteiger partial charge is 0.370 e. The van der Waals surface area contributed by atoms with Crippen molar-refractivity contribution in [2.24, 2.45) is 0 Å². The third-order valence-corrected chi connectivity index (χ3v) is 5.42. The Hall–Kier alpha value is -0.940. The molecule has 0 aliphatic carbocycles. The SMILES string of the molecule is CCCNc1cc(C(=O)NCC2(C)CCCS2)c(Cl)cn1. The van der Waals surface area contributed by atoms with Crippen molar-refractivity contribution in [3.8, 4) is 0 Å². The molecule has 2 rings (SSSR count). The van der Waals surface area contributed by atoms with Gasteiger partial charge in [0.25, 0.3) is 5.91 Å². The van der Waals surface area contributed by atoms with E-state index >= 15 is 0 Å². The molecule has 1 aliphatic rings. The molecule has 1 aromatic rings. The van der Waals surface area contributed by atoms with Gasteiger partial charge in [0.2, 0.25) is 0 Å². The van der Waals surface area contributed by atoms with E-state index < -0.39 is 0 Å². The van der Waals surface area contributed by atoms with Crippen molar-refractivity contribution in [2.45, 2.75) is 37.9 Å². The zero-order chi connectivity index (χ0) is 15.3. The summed E-state index contributed by atoms with van der Waals surface area (Å²) in [6, 6.07) is 1.72. The quantitative estimate of drug-likeness (QED) is 0.838. The maximum Gasteiger partial charge on any atom is 0.253 e. The molecule has 1 unspecified atom stereocenters. The zero-order valence-electron chi connectivity index (χ0n) is 12.5. The normalized spacial score (nSPS) is 21.3.